The van der Waals surface area contributed by atoms with Crippen LogP contribution in [0.3, 0.4) is 0 Å². The van der Waals surface area contributed by atoms with Gasteiger partial charge in [0.25, 0.3) is 0 Å². The minimum Gasteiger partial charge on any atom is -0.295 e. The summed E-state index contributed by atoms with van der Waals surface area (Å²) in [6.45, 7) is 1.76. The number of carbonyl (C=O) groups is 1. The molecule has 7 heteroatoms. The summed E-state index contributed by atoms with van der Waals surface area (Å²) in [6.07, 6.45) is 0. The molecule has 0 atom stereocenters. The van der Waals surface area contributed by atoms with Crippen LogP contribution in [0, 0.1) is 0 Å². The van der Waals surface area contributed by atoms with Crippen LogP contribution in [0.5, 0.6) is 0 Å². The van der Waals surface area contributed by atoms with E-state index in [1.54, 1.807) is 7.05 Å². The highest BCUT2D eigenvalue weighted by Gasteiger charge is 2.21. The fourth-order valence-corrected chi connectivity index (χ4v) is 4.55. The molecule has 112 valence electrons. The van der Waals surface area contributed by atoms with Crippen molar-refractivity contribution in [3.8, 4) is 0 Å². The third-order valence-corrected chi connectivity index (χ3v) is 6.40. The number of hydrogen-bond donors (Lipinski definition) is 0. The Morgan fingerprint density at radius 1 is 1.19 bits per heavy atom. The highest BCUT2D eigenvalue weighted by Crippen LogP contribution is 2.25. The molecule has 1 aromatic carbocycles. The van der Waals surface area contributed by atoms with Gasteiger partial charge in [-0.1, -0.05) is 12.1 Å². The van der Waals surface area contributed by atoms with Crippen LogP contribution in [0.1, 0.15) is 22.2 Å². The van der Waals surface area contributed by atoms with Crippen molar-refractivity contribution in [2.45, 2.75) is 18.4 Å². The predicted molar refractivity (Wildman–Crippen MR) is 87.1 cm³/mol. The Hall–Kier alpha value is -1.02. The molecule has 0 saturated heterocycles. The van der Waals surface area contributed by atoms with Gasteiger partial charge in [0.15, 0.2) is 5.78 Å². The van der Waals surface area contributed by atoms with Crippen LogP contribution >= 0.6 is 27.3 Å². The molecule has 21 heavy (non-hydrogen) atoms. The zero-order valence-corrected chi connectivity index (χ0v) is 14.8. The Labute approximate surface area is 136 Å². The number of sulfonamides is 1. The van der Waals surface area contributed by atoms with E-state index in [0.717, 1.165) is 8.66 Å². The Morgan fingerprint density at radius 3 is 2.29 bits per heavy atom. The van der Waals surface area contributed by atoms with Crippen LogP contribution < -0.4 is 0 Å². The van der Waals surface area contributed by atoms with Crippen LogP contribution in [-0.2, 0) is 16.6 Å². The van der Waals surface area contributed by atoms with Crippen LogP contribution in [-0.4, -0.2) is 25.6 Å². The number of rotatable bonds is 5. The lowest BCUT2D eigenvalue weighted by molar-refractivity contribution is 0.101. The average Bonchev–Trinajstić information content (AvgIpc) is 2.84. The van der Waals surface area contributed by atoms with Crippen LogP contribution in [0.25, 0.3) is 0 Å². The number of nitrogens with zero attached hydrogens (tertiary/aromatic N) is 1. The SMILES string of the molecule is CC(=O)c1ccc(S(=O)(=O)N(C)Cc2ccc(Br)s2)cc1. The van der Waals surface area contributed by atoms with Crippen molar-refractivity contribution in [2.75, 3.05) is 7.05 Å². The summed E-state index contributed by atoms with van der Waals surface area (Å²) in [5.74, 6) is -0.0873. The molecule has 0 unspecified atom stereocenters. The Morgan fingerprint density at radius 2 is 1.81 bits per heavy atom. The van der Waals surface area contributed by atoms with Crippen LogP contribution in [0.15, 0.2) is 45.1 Å². The molecule has 4 nitrogen and oxygen atoms in total. The van der Waals surface area contributed by atoms with Gasteiger partial charge in [0.2, 0.25) is 10.0 Å². The number of hydrogen-bond acceptors (Lipinski definition) is 4. The van der Waals surface area contributed by atoms with Gasteiger partial charge in [-0.05, 0) is 47.1 Å². The lowest BCUT2D eigenvalue weighted by atomic mass is 10.2. The molecular formula is C14H14BrNO3S2. The van der Waals surface area contributed by atoms with E-state index in [-0.39, 0.29) is 10.7 Å². The molecule has 2 rings (SSSR count). The van der Waals surface area contributed by atoms with E-state index in [4.69, 9.17) is 0 Å². The monoisotopic (exact) mass is 387 g/mol. The van der Waals surface area contributed by atoms with Gasteiger partial charge >= 0.3 is 0 Å². The Kier molecular flexibility index (Phi) is 4.98. The molecular weight excluding hydrogens is 374 g/mol. The van der Waals surface area contributed by atoms with Crippen molar-refractivity contribution in [3.05, 3.63) is 50.6 Å². The van der Waals surface area contributed by atoms with E-state index >= 15 is 0 Å². The van der Waals surface area contributed by atoms with E-state index in [2.05, 4.69) is 15.9 Å². The minimum absolute atomic E-state index is 0.0873. The maximum Gasteiger partial charge on any atom is 0.243 e. The maximum atomic E-state index is 12.5. The second-order valence-electron chi connectivity index (χ2n) is 4.55. The first kappa shape index (κ1) is 16.4. The molecule has 0 spiro atoms. The molecule has 1 heterocycles. The van der Waals surface area contributed by atoms with E-state index in [1.807, 2.05) is 12.1 Å². The lowest BCUT2D eigenvalue weighted by Gasteiger charge is -2.16. The summed E-state index contributed by atoms with van der Waals surface area (Å²) >= 11 is 4.86. The highest BCUT2D eigenvalue weighted by atomic mass is 79.9. The fourth-order valence-electron chi connectivity index (χ4n) is 1.78. The standard InChI is InChI=1S/C14H14BrNO3S2/c1-10(17)11-3-6-13(7-4-11)21(18,19)16(2)9-12-5-8-14(15)20-12/h3-8H,9H2,1-2H3. The molecule has 0 aliphatic rings. The van der Waals surface area contributed by atoms with Gasteiger partial charge in [-0.25, -0.2) is 8.42 Å². The zero-order chi connectivity index (χ0) is 15.6. The molecule has 0 fully saturated rings. The quantitative estimate of drug-likeness (QED) is 0.737. The summed E-state index contributed by atoms with van der Waals surface area (Å²) in [7, 11) is -2.01. The molecule has 0 radical (unpaired) electrons. The second-order valence-corrected chi connectivity index (χ2v) is 9.14. The third-order valence-electron chi connectivity index (χ3n) is 2.98. The first-order chi connectivity index (χ1) is 9.80. The summed E-state index contributed by atoms with van der Waals surface area (Å²) in [4.78, 5) is 12.4. The van der Waals surface area contributed by atoms with E-state index in [1.165, 1.54) is 46.8 Å². The normalized spacial score (nSPS) is 11.8. The predicted octanol–water partition coefficient (Wildman–Crippen LogP) is 3.53. The van der Waals surface area contributed by atoms with Gasteiger partial charge in [-0.2, -0.15) is 4.31 Å². The molecule has 1 aromatic heterocycles. The van der Waals surface area contributed by atoms with Crippen LogP contribution in [0.2, 0.25) is 0 Å². The maximum absolute atomic E-state index is 12.5. The Balaban J connectivity index is 2.22. The number of ketones is 1. The highest BCUT2D eigenvalue weighted by molar-refractivity contribution is 9.11. The first-order valence-corrected chi connectivity index (χ1v) is 9.17. The van der Waals surface area contributed by atoms with Crippen molar-refractivity contribution in [3.63, 3.8) is 0 Å². The van der Waals surface area contributed by atoms with Gasteiger partial charge in [0.1, 0.15) is 0 Å². The molecule has 2 aromatic rings. The van der Waals surface area contributed by atoms with Gasteiger partial charge in [-0.15, -0.1) is 11.3 Å². The van der Waals surface area contributed by atoms with E-state index in [9.17, 15) is 13.2 Å². The summed E-state index contributed by atoms with van der Waals surface area (Å²) in [5.41, 5.74) is 0.499. The Bertz CT molecular complexity index is 751. The summed E-state index contributed by atoms with van der Waals surface area (Å²) in [6, 6.07) is 9.77. The van der Waals surface area contributed by atoms with Gasteiger partial charge < -0.3 is 0 Å². The van der Waals surface area contributed by atoms with Crippen LogP contribution in [0.4, 0.5) is 0 Å². The summed E-state index contributed by atoms with van der Waals surface area (Å²) < 4.78 is 27.2. The van der Waals surface area contributed by atoms with Crippen molar-refractivity contribution >= 4 is 43.1 Å². The van der Waals surface area contributed by atoms with E-state index < -0.39 is 10.0 Å². The van der Waals surface area contributed by atoms with Crippen molar-refractivity contribution < 1.29 is 13.2 Å². The van der Waals surface area contributed by atoms with Crippen molar-refractivity contribution in [1.29, 1.82) is 0 Å². The fraction of sp³-hybridized carbons (Fsp3) is 0.214. The lowest BCUT2D eigenvalue weighted by Crippen LogP contribution is -2.26. The molecule has 0 aliphatic heterocycles. The molecule has 0 amide bonds. The van der Waals surface area contributed by atoms with Crippen molar-refractivity contribution in [1.82, 2.24) is 4.31 Å². The third kappa shape index (κ3) is 3.79. The molecule has 0 aliphatic carbocycles. The molecule has 0 bridgehead atoms. The van der Waals surface area contributed by atoms with Crippen molar-refractivity contribution in [2.24, 2.45) is 0 Å². The number of thiophene rings is 1. The van der Waals surface area contributed by atoms with Gasteiger partial charge in [-0.3, -0.25) is 4.79 Å². The largest absolute Gasteiger partial charge is 0.295 e. The minimum atomic E-state index is -3.56. The van der Waals surface area contributed by atoms with Gasteiger partial charge in [0, 0.05) is 24.0 Å². The second kappa shape index (κ2) is 6.39. The molecule has 0 saturated carbocycles. The smallest absolute Gasteiger partial charge is 0.243 e. The van der Waals surface area contributed by atoms with E-state index in [0.29, 0.717) is 12.1 Å². The number of Topliss-reactive ketones (excluding diaryl/α,β-unsaturated/α-hetero) is 1. The number of halogens is 1. The molecule has 0 N–H and O–H groups in total. The zero-order valence-electron chi connectivity index (χ0n) is 11.5. The number of carbonyl (C=O) groups excluding carboxylic acids is 1. The summed E-state index contributed by atoms with van der Waals surface area (Å²) in [5, 5.41) is 0. The topological polar surface area (TPSA) is 54.5 Å². The van der Waals surface area contributed by atoms with Gasteiger partial charge in [0.05, 0.1) is 8.68 Å². The first-order valence-electron chi connectivity index (χ1n) is 6.12. The number of benzene rings is 1. The average molecular weight is 388 g/mol.